The first-order chi connectivity index (χ1) is 13.6. The fraction of sp³-hybridized carbons (Fsp3) is 0.409. The molecule has 0 fully saturated rings. The molecule has 1 aromatic carbocycles. The standard InChI is InChI=1S/C22H26N2O4/c25-21(26)6-4-2-1-3-5-10-24-22(27)19-13-18(14-23-15-19)16-7-8-20-17(12-16)9-11-28-20/h7-8,12-15H,1-6,9-11H2,(H,24,27)(H,25,26). The van der Waals surface area contributed by atoms with Gasteiger partial charge in [-0.15, -0.1) is 0 Å². The number of hydrogen-bond donors (Lipinski definition) is 2. The molecule has 1 aliphatic heterocycles. The first-order valence-electron chi connectivity index (χ1n) is 9.84. The highest BCUT2D eigenvalue weighted by Crippen LogP contribution is 2.30. The van der Waals surface area contributed by atoms with Crippen molar-refractivity contribution in [2.75, 3.05) is 13.2 Å². The number of fused-ring (bicyclic) bond motifs is 1. The number of carbonyl (C=O) groups excluding carboxylic acids is 1. The largest absolute Gasteiger partial charge is 0.493 e. The lowest BCUT2D eigenvalue weighted by atomic mass is 10.0. The number of carboxylic acid groups (broad SMARTS) is 1. The molecule has 1 aliphatic rings. The second kappa shape index (κ2) is 9.88. The Morgan fingerprint density at radius 3 is 2.71 bits per heavy atom. The Balaban J connectivity index is 1.46. The monoisotopic (exact) mass is 382 g/mol. The molecule has 2 heterocycles. The van der Waals surface area contributed by atoms with Crippen molar-refractivity contribution in [3.8, 4) is 16.9 Å². The van der Waals surface area contributed by atoms with E-state index < -0.39 is 5.97 Å². The minimum atomic E-state index is -0.740. The quantitative estimate of drug-likeness (QED) is 0.610. The van der Waals surface area contributed by atoms with Crippen LogP contribution in [0.1, 0.15) is 54.4 Å². The Labute approximate surface area is 164 Å². The Kier molecular flexibility index (Phi) is 7.00. The van der Waals surface area contributed by atoms with Gasteiger partial charge in [0.25, 0.3) is 5.91 Å². The van der Waals surface area contributed by atoms with E-state index in [1.54, 1.807) is 12.4 Å². The SMILES string of the molecule is O=C(O)CCCCCCCNC(=O)c1cncc(-c2ccc3c(c2)CCO3)c1. The summed E-state index contributed by atoms with van der Waals surface area (Å²) in [5, 5.41) is 11.5. The highest BCUT2D eigenvalue weighted by molar-refractivity contribution is 5.95. The van der Waals surface area contributed by atoms with E-state index in [4.69, 9.17) is 9.84 Å². The number of aromatic nitrogens is 1. The molecule has 0 spiro atoms. The molecule has 2 aromatic rings. The first-order valence-corrected chi connectivity index (χ1v) is 9.84. The summed E-state index contributed by atoms with van der Waals surface area (Å²) in [5.41, 5.74) is 3.69. The van der Waals surface area contributed by atoms with E-state index in [1.165, 1.54) is 5.56 Å². The van der Waals surface area contributed by atoms with Gasteiger partial charge < -0.3 is 15.2 Å². The van der Waals surface area contributed by atoms with Crippen LogP contribution in [0.25, 0.3) is 11.1 Å². The Morgan fingerprint density at radius 1 is 1.04 bits per heavy atom. The molecular formula is C22H26N2O4. The van der Waals surface area contributed by atoms with E-state index >= 15 is 0 Å². The number of amides is 1. The summed E-state index contributed by atoms with van der Waals surface area (Å²) in [6.07, 6.45) is 8.98. The van der Waals surface area contributed by atoms with E-state index in [1.807, 2.05) is 18.2 Å². The number of rotatable bonds is 10. The zero-order chi connectivity index (χ0) is 19.8. The maximum atomic E-state index is 12.4. The maximum absolute atomic E-state index is 12.4. The molecule has 0 bridgehead atoms. The zero-order valence-electron chi connectivity index (χ0n) is 15.9. The molecule has 0 unspecified atom stereocenters. The third-order valence-electron chi connectivity index (χ3n) is 4.88. The summed E-state index contributed by atoms with van der Waals surface area (Å²) >= 11 is 0. The van der Waals surface area contributed by atoms with Crippen molar-refractivity contribution in [1.29, 1.82) is 0 Å². The number of ether oxygens (including phenoxy) is 1. The number of pyridine rings is 1. The minimum Gasteiger partial charge on any atom is -0.493 e. The summed E-state index contributed by atoms with van der Waals surface area (Å²) in [6.45, 7) is 1.33. The van der Waals surface area contributed by atoms with Crippen molar-refractivity contribution in [2.45, 2.75) is 44.9 Å². The van der Waals surface area contributed by atoms with Crippen molar-refractivity contribution >= 4 is 11.9 Å². The van der Waals surface area contributed by atoms with Gasteiger partial charge in [0.2, 0.25) is 0 Å². The number of hydrogen-bond acceptors (Lipinski definition) is 4. The van der Waals surface area contributed by atoms with Crippen molar-refractivity contribution in [3.63, 3.8) is 0 Å². The van der Waals surface area contributed by atoms with Crippen LogP contribution in [0.3, 0.4) is 0 Å². The number of carboxylic acids is 1. The minimum absolute atomic E-state index is 0.121. The van der Waals surface area contributed by atoms with Gasteiger partial charge in [0, 0.05) is 37.3 Å². The molecule has 28 heavy (non-hydrogen) atoms. The molecule has 1 aromatic heterocycles. The van der Waals surface area contributed by atoms with Crippen molar-refractivity contribution < 1.29 is 19.4 Å². The van der Waals surface area contributed by atoms with Crippen LogP contribution in [0, 0.1) is 0 Å². The van der Waals surface area contributed by atoms with Crippen LogP contribution >= 0.6 is 0 Å². The van der Waals surface area contributed by atoms with Crippen molar-refractivity contribution in [1.82, 2.24) is 10.3 Å². The third kappa shape index (κ3) is 5.55. The molecule has 0 saturated carbocycles. The number of benzene rings is 1. The molecule has 2 N–H and O–H groups in total. The molecule has 6 heteroatoms. The van der Waals surface area contributed by atoms with Crippen LogP contribution in [-0.2, 0) is 11.2 Å². The van der Waals surface area contributed by atoms with Gasteiger partial charge in [-0.25, -0.2) is 0 Å². The molecular weight excluding hydrogens is 356 g/mol. The highest BCUT2D eigenvalue weighted by atomic mass is 16.5. The normalized spacial score (nSPS) is 12.3. The average Bonchev–Trinajstić information content (AvgIpc) is 3.17. The lowest BCUT2D eigenvalue weighted by Gasteiger charge is -2.08. The van der Waals surface area contributed by atoms with E-state index in [2.05, 4.69) is 16.4 Å². The Hall–Kier alpha value is -2.89. The smallest absolute Gasteiger partial charge is 0.303 e. The fourth-order valence-electron chi connectivity index (χ4n) is 3.32. The Morgan fingerprint density at radius 2 is 1.86 bits per heavy atom. The molecule has 0 saturated heterocycles. The van der Waals surface area contributed by atoms with Crippen LogP contribution in [0.4, 0.5) is 0 Å². The van der Waals surface area contributed by atoms with Gasteiger partial charge in [-0.3, -0.25) is 14.6 Å². The number of aliphatic carboxylic acids is 1. The summed E-state index contributed by atoms with van der Waals surface area (Å²) in [6, 6.07) is 7.94. The highest BCUT2D eigenvalue weighted by Gasteiger charge is 2.14. The molecule has 1 amide bonds. The van der Waals surface area contributed by atoms with Crippen LogP contribution in [0.15, 0.2) is 36.7 Å². The zero-order valence-corrected chi connectivity index (χ0v) is 15.9. The van der Waals surface area contributed by atoms with E-state index in [0.29, 0.717) is 12.1 Å². The van der Waals surface area contributed by atoms with Gasteiger partial charge >= 0.3 is 5.97 Å². The predicted molar refractivity (Wildman–Crippen MR) is 107 cm³/mol. The van der Waals surface area contributed by atoms with Gasteiger partial charge in [0.05, 0.1) is 12.2 Å². The Bertz CT molecular complexity index is 835. The molecule has 0 aliphatic carbocycles. The second-order valence-corrected chi connectivity index (χ2v) is 7.05. The van der Waals surface area contributed by atoms with Crippen LogP contribution in [0.5, 0.6) is 5.75 Å². The van der Waals surface area contributed by atoms with Gasteiger partial charge in [-0.1, -0.05) is 25.3 Å². The molecule has 6 nitrogen and oxygen atoms in total. The first kappa shape index (κ1) is 19.9. The summed E-state index contributed by atoms with van der Waals surface area (Å²) < 4.78 is 5.54. The predicted octanol–water partition coefficient (Wildman–Crippen LogP) is 3.84. The third-order valence-corrected chi connectivity index (χ3v) is 4.88. The second-order valence-electron chi connectivity index (χ2n) is 7.05. The number of nitrogens with zero attached hydrogens (tertiary/aromatic N) is 1. The summed E-state index contributed by atoms with van der Waals surface area (Å²) in [4.78, 5) is 27.1. The van der Waals surface area contributed by atoms with E-state index in [-0.39, 0.29) is 12.3 Å². The lowest BCUT2D eigenvalue weighted by molar-refractivity contribution is -0.137. The molecule has 0 atom stereocenters. The van der Waals surface area contributed by atoms with Crippen LogP contribution in [-0.4, -0.2) is 35.1 Å². The average molecular weight is 382 g/mol. The molecule has 148 valence electrons. The summed E-state index contributed by atoms with van der Waals surface area (Å²) in [5.74, 6) is 0.0783. The van der Waals surface area contributed by atoms with E-state index in [0.717, 1.165) is 62.0 Å². The number of nitrogens with one attached hydrogen (secondary N) is 1. The topological polar surface area (TPSA) is 88.5 Å². The van der Waals surface area contributed by atoms with Crippen molar-refractivity contribution in [3.05, 3.63) is 47.8 Å². The van der Waals surface area contributed by atoms with Crippen molar-refractivity contribution in [2.24, 2.45) is 0 Å². The van der Waals surface area contributed by atoms with Gasteiger partial charge in [-0.05, 0) is 42.2 Å². The molecule has 3 rings (SSSR count). The van der Waals surface area contributed by atoms with Crippen LogP contribution in [0.2, 0.25) is 0 Å². The lowest BCUT2D eigenvalue weighted by Crippen LogP contribution is -2.24. The summed E-state index contributed by atoms with van der Waals surface area (Å²) in [7, 11) is 0. The molecule has 0 radical (unpaired) electrons. The van der Waals surface area contributed by atoms with Crippen LogP contribution < -0.4 is 10.1 Å². The number of carbonyl (C=O) groups is 2. The van der Waals surface area contributed by atoms with Gasteiger partial charge in [-0.2, -0.15) is 0 Å². The van der Waals surface area contributed by atoms with Gasteiger partial charge in [0.1, 0.15) is 5.75 Å². The number of unbranched alkanes of at least 4 members (excludes halogenated alkanes) is 4. The van der Waals surface area contributed by atoms with E-state index in [9.17, 15) is 9.59 Å². The maximum Gasteiger partial charge on any atom is 0.303 e. The fourth-order valence-corrected chi connectivity index (χ4v) is 3.32. The van der Waals surface area contributed by atoms with Gasteiger partial charge in [0.15, 0.2) is 0 Å².